The zero-order valence-electron chi connectivity index (χ0n) is 6.20. The molecule has 1 fully saturated rings. The molecule has 1 aliphatic heterocycles. The van der Waals surface area contributed by atoms with Crippen molar-refractivity contribution in [3.8, 4) is 0 Å². The fourth-order valence-corrected chi connectivity index (χ4v) is 1.39. The van der Waals surface area contributed by atoms with E-state index >= 15 is 0 Å². The van der Waals surface area contributed by atoms with Gasteiger partial charge >= 0.3 is 11.4 Å². The van der Waals surface area contributed by atoms with Crippen molar-refractivity contribution in [2.24, 2.45) is 11.8 Å². The van der Waals surface area contributed by atoms with Crippen molar-refractivity contribution in [2.45, 2.75) is 13.8 Å². The first kappa shape index (κ1) is 8.17. The lowest BCUT2D eigenvalue weighted by atomic mass is 9.98. The van der Waals surface area contributed by atoms with E-state index in [2.05, 4.69) is 13.8 Å². The van der Waals surface area contributed by atoms with Crippen LogP contribution in [0.1, 0.15) is 13.8 Å². The van der Waals surface area contributed by atoms with Crippen molar-refractivity contribution in [2.75, 3.05) is 13.2 Å². The molecule has 0 aromatic rings. The summed E-state index contributed by atoms with van der Waals surface area (Å²) in [5, 5.41) is 0. The van der Waals surface area contributed by atoms with Crippen LogP contribution in [0.15, 0.2) is 0 Å². The predicted octanol–water partition coefficient (Wildman–Crippen LogP) is 0.884. The summed E-state index contributed by atoms with van der Waals surface area (Å²) in [5.74, 6) is 0.940. The van der Waals surface area contributed by atoms with E-state index in [1.165, 1.54) is 0 Å². The fourth-order valence-electron chi connectivity index (χ4n) is 0.753. The third-order valence-corrected chi connectivity index (χ3v) is 2.36. The van der Waals surface area contributed by atoms with Gasteiger partial charge in [0.1, 0.15) is 0 Å². The maximum absolute atomic E-state index is 10.5. The highest BCUT2D eigenvalue weighted by Crippen LogP contribution is 2.16. The maximum atomic E-state index is 10.5. The van der Waals surface area contributed by atoms with E-state index in [1.807, 2.05) is 0 Å². The van der Waals surface area contributed by atoms with Crippen molar-refractivity contribution in [1.29, 1.82) is 0 Å². The number of rotatable bonds is 1. The predicted molar refractivity (Wildman–Crippen MR) is 38.4 cm³/mol. The minimum absolute atomic E-state index is 0.401. The van der Waals surface area contributed by atoms with Crippen LogP contribution < -0.4 is 0 Å². The highest BCUT2D eigenvalue weighted by atomic mass is 32.2. The van der Waals surface area contributed by atoms with Gasteiger partial charge in [0, 0.05) is 5.92 Å². The van der Waals surface area contributed by atoms with E-state index in [-0.39, 0.29) is 0 Å². The molecular formula is C6H12O3S. The monoisotopic (exact) mass is 164 g/mol. The molecule has 0 unspecified atom stereocenters. The first-order valence-corrected chi connectivity index (χ1v) is 4.38. The third kappa shape index (κ3) is 2.04. The second-order valence-corrected chi connectivity index (χ2v) is 3.66. The summed E-state index contributed by atoms with van der Waals surface area (Å²) in [4.78, 5) is 0. The molecule has 0 aromatic heterocycles. The molecule has 0 amide bonds. The van der Waals surface area contributed by atoms with Crippen LogP contribution >= 0.6 is 0 Å². The van der Waals surface area contributed by atoms with Gasteiger partial charge in [0.2, 0.25) is 0 Å². The van der Waals surface area contributed by atoms with Gasteiger partial charge in [-0.25, -0.2) is 0 Å². The van der Waals surface area contributed by atoms with Crippen LogP contribution in [0.3, 0.4) is 0 Å². The SMILES string of the molecule is CC(C)C1COS(=O)OC1. The molecule has 0 bridgehead atoms. The normalized spacial score (nSPS) is 34.7. The van der Waals surface area contributed by atoms with Crippen molar-refractivity contribution >= 4 is 11.4 Å². The molecule has 1 heterocycles. The highest BCUT2D eigenvalue weighted by Gasteiger charge is 2.21. The van der Waals surface area contributed by atoms with Crippen LogP contribution in [0.2, 0.25) is 0 Å². The largest absolute Gasteiger partial charge is 0.304 e. The van der Waals surface area contributed by atoms with Gasteiger partial charge < -0.3 is 0 Å². The van der Waals surface area contributed by atoms with Crippen molar-refractivity contribution < 1.29 is 12.6 Å². The van der Waals surface area contributed by atoms with E-state index in [4.69, 9.17) is 8.37 Å². The third-order valence-electron chi connectivity index (χ3n) is 1.70. The summed E-state index contributed by atoms with van der Waals surface area (Å²) >= 11 is -1.48. The van der Waals surface area contributed by atoms with E-state index in [1.54, 1.807) is 0 Å². The zero-order chi connectivity index (χ0) is 7.56. The second-order valence-electron chi connectivity index (χ2n) is 2.78. The zero-order valence-corrected chi connectivity index (χ0v) is 7.02. The molecule has 3 nitrogen and oxygen atoms in total. The lowest BCUT2D eigenvalue weighted by Crippen LogP contribution is -2.28. The van der Waals surface area contributed by atoms with Gasteiger partial charge in [0.25, 0.3) is 0 Å². The molecule has 10 heavy (non-hydrogen) atoms. The Morgan fingerprint density at radius 3 is 2.30 bits per heavy atom. The molecule has 0 spiro atoms. The smallest absolute Gasteiger partial charge is 0.268 e. The van der Waals surface area contributed by atoms with Crippen molar-refractivity contribution in [1.82, 2.24) is 0 Å². The Kier molecular flexibility index (Phi) is 2.82. The first-order chi connectivity index (χ1) is 4.70. The topological polar surface area (TPSA) is 35.5 Å². The van der Waals surface area contributed by atoms with Gasteiger partial charge in [0.05, 0.1) is 13.2 Å². The number of hydrogen-bond donors (Lipinski definition) is 0. The van der Waals surface area contributed by atoms with Crippen LogP contribution in [-0.4, -0.2) is 17.4 Å². The summed E-state index contributed by atoms with van der Waals surface area (Å²) in [6.07, 6.45) is 0. The Hall–Kier alpha value is 0.0700. The molecule has 0 aromatic carbocycles. The number of hydrogen-bond acceptors (Lipinski definition) is 3. The van der Waals surface area contributed by atoms with Gasteiger partial charge in [-0.2, -0.15) is 4.21 Å². The standard InChI is InChI=1S/C6H12O3S/c1-5(2)6-3-8-10(7)9-4-6/h5-6H,3-4H2,1-2H3. The molecular weight excluding hydrogens is 152 g/mol. The van der Waals surface area contributed by atoms with Crippen LogP contribution in [0, 0.1) is 11.8 Å². The first-order valence-electron chi connectivity index (χ1n) is 3.38. The Bertz CT molecular complexity index is 125. The van der Waals surface area contributed by atoms with E-state index < -0.39 is 11.4 Å². The average molecular weight is 164 g/mol. The van der Waals surface area contributed by atoms with Crippen molar-refractivity contribution in [3.63, 3.8) is 0 Å². The molecule has 0 radical (unpaired) electrons. The second kappa shape index (κ2) is 3.46. The van der Waals surface area contributed by atoms with Crippen LogP contribution in [0.4, 0.5) is 0 Å². The molecule has 1 saturated heterocycles. The molecule has 0 aliphatic carbocycles. The summed E-state index contributed by atoms with van der Waals surface area (Å²) in [6, 6.07) is 0. The molecule has 4 heteroatoms. The van der Waals surface area contributed by atoms with Crippen LogP contribution in [0.5, 0.6) is 0 Å². The molecule has 60 valence electrons. The summed E-state index contributed by atoms with van der Waals surface area (Å²) in [5.41, 5.74) is 0. The summed E-state index contributed by atoms with van der Waals surface area (Å²) in [7, 11) is 0. The van der Waals surface area contributed by atoms with E-state index in [0.717, 1.165) is 0 Å². The van der Waals surface area contributed by atoms with Crippen LogP contribution in [0.25, 0.3) is 0 Å². The Morgan fingerprint density at radius 2 is 1.90 bits per heavy atom. The quantitative estimate of drug-likeness (QED) is 0.577. The lowest BCUT2D eigenvalue weighted by molar-refractivity contribution is 0.0967. The molecule has 1 aliphatic rings. The molecule has 0 N–H and O–H groups in total. The van der Waals surface area contributed by atoms with E-state index in [0.29, 0.717) is 25.0 Å². The fraction of sp³-hybridized carbons (Fsp3) is 1.00. The van der Waals surface area contributed by atoms with E-state index in [9.17, 15) is 4.21 Å². The molecule has 0 saturated carbocycles. The Labute approximate surface area is 63.6 Å². The maximum Gasteiger partial charge on any atom is 0.304 e. The Morgan fingerprint density at radius 1 is 1.40 bits per heavy atom. The van der Waals surface area contributed by atoms with Gasteiger partial charge in [0.15, 0.2) is 0 Å². The van der Waals surface area contributed by atoms with Gasteiger partial charge in [-0.1, -0.05) is 13.8 Å². The molecule has 0 atom stereocenters. The van der Waals surface area contributed by atoms with Gasteiger partial charge in [-0.3, -0.25) is 8.37 Å². The summed E-state index contributed by atoms with van der Waals surface area (Å²) in [6.45, 7) is 5.33. The van der Waals surface area contributed by atoms with Crippen LogP contribution in [-0.2, 0) is 19.7 Å². The molecule has 1 rings (SSSR count). The summed E-state index contributed by atoms with van der Waals surface area (Å²) < 4.78 is 20.1. The highest BCUT2D eigenvalue weighted by molar-refractivity contribution is 7.75. The lowest BCUT2D eigenvalue weighted by Gasteiger charge is -2.23. The van der Waals surface area contributed by atoms with Crippen molar-refractivity contribution in [3.05, 3.63) is 0 Å². The van der Waals surface area contributed by atoms with Gasteiger partial charge in [-0.15, -0.1) is 0 Å². The Balaban J connectivity index is 2.33. The average Bonchev–Trinajstić information content (AvgIpc) is 1.88. The minimum atomic E-state index is -1.48. The minimum Gasteiger partial charge on any atom is -0.268 e. The van der Waals surface area contributed by atoms with Gasteiger partial charge in [-0.05, 0) is 5.92 Å².